The molecule has 0 spiro atoms. The number of hydrogen-bond acceptors (Lipinski definition) is 1. The maximum absolute atomic E-state index is 5.93. The van der Waals surface area contributed by atoms with Gasteiger partial charge in [0.1, 0.15) is 11.9 Å². The SMILES string of the molecule is Cc1ccc2c(c1)C1(C)C=CC=CC1O2. The Labute approximate surface area is 90.1 Å². The maximum Gasteiger partial charge on any atom is 0.130 e. The first-order chi connectivity index (χ1) is 7.20. The first kappa shape index (κ1) is 8.78. The van der Waals surface area contributed by atoms with Crippen LogP contribution in [0.5, 0.6) is 5.75 Å². The molecule has 1 aliphatic carbocycles. The predicted molar refractivity (Wildman–Crippen MR) is 61.2 cm³/mol. The van der Waals surface area contributed by atoms with Crippen LogP contribution in [0.2, 0.25) is 0 Å². The Morgan fingerprint density at radius 1 is 1.27 bits per heavy atom. The average Bonchev–Trinajstić information content (AvgIpc) is 2.51. The van der Waals surface area contributed by atoms with Gasteiger partial charge in [0.15, 0.2) is 0 Å². The highest BCUT2D eigenvalue weighted by molar-refractivity contribution is 5.52. The summed E-state index contributed by atoms with van der Waals surface area (Å²) in [5, 5.41) is 0. The summed E-state index contributed by atoms with van der Waals surface area (Å²) in [7, 11) is 0. The Balaban J connectivity index is 2.21. The second-order valence-electron chi connectivity index (χ2n) is 4.56. The Hall–Kier alpha value is -1.50. The first-order valence-corrected chi connectivity index (χ1v) is 5.34. The number of benzene rings is 1. The molecule has 3 rings (SSSR count). The number of hydrogen-bond donors (Lipinski definition) is 0. The molecule has 2 unspecified atom stereocenters. The zero-order valence-corrected chi connectivity index (χ0v) is 9.03. The van der Waals surface area contributed by atoms with E-state index in [1.807, 2.05) is 0 Å². The molecule has 2 atom stereocenters. The van der Waals surface area contributed by atoms with Crippen LogP contribution in [-0.4, -0.2) is 6.10 Å². The minimum Gasteiger partial charge on any atom is -0.485 e. The molecule has 0 N–H and O–H groups in total. The van der Waals surface area contributed by atoms with Crippen molar-refractivity contribution in [1.82, 2.24) is 0 Å². The molecule has 0 aromatic heterocycles. The lowest BCUT2D eigenvalue weighted by molar-refractivity contribution is 0.228. The molecule has 1 heteroatoms. The Kier molecular flexibility index (Phi) is 1.61. The molecule has 76 valence electrons. The van der Waals surface area contributed by atoms with E-state index in [9.17, 15) is 0 Å². The zero-order chi connectivity index (χ0) is 10.5. The van der Waals surface area contributed by atoms with Gasteiger partial charge in [-0.2, -0.15) is 0 Å². The molecular formula is C14H14O. The molecule has 1 heterocycles. The van der Waals surface area contributed by atoms with Crippen LogP contribution in [0.15, 0.2) is 42.5 Å². The molecule has 0 bridgehead atoms. The topological polar surface area (TPSA) is 9.23 Å². The van der Waals surface area contributed by atoms with E-state index >= 15 is 0 Å². The summed E-state index contributed by atoms with van der Waals surface area (Å²) in [5.74, 6) is 1.03. The van der Waals surface area contributed by atoms with Crippen molar-refractivity contribution in [2.75, 3.05) is 0 Å². The molecular weight excluding hydrogens is 184 g/mol. The first-order valence-electron chi connectivity index (χ1n) is 5.34. The highest BCUT2D eigenvalue weighted by atomic mass is 16.5. The van der Waals surface area contributed by atoms with E-state index in [-0.39, 0.29) is 11.5 Å². The minimum absolute atomic E-state index is 0.0239. The van der Waals surface area contributed by atoms with Crippen LogP contribution in [-0.2, 0) is 5.41 Å². The van der Waals surface area contributed by atoms with Gasteiger partial charge >= 0.3 is 0 Å². The summed E-state index contributed by atoms with van der Waals surface area (Å²) in [6.07, 6.45) is 8.71. The van der Waals surface area contributed by atoms with Crippen molar-refractivity contribution in [1.29, 1.82) is 0 Å². The molecule has 1 nitrogen and oxygen atoms in total. The van der Waals surface area contributed by atoms with E-state index in [4.69, 9.17) is 4.74 Å². The minimum atomic E-state index is 0.0239. The fourth-order valence-electron chi connectivity index (χ4n) is 2.42. The molecule has 1 aromatic rings. The Morgan fingerprint density at radius 3 is 3.00 bits per heavy atom. The van der Waals surface area contributed by atoms with Crippen LogP contribution in [0.25, 0.3) is 0 Å². The van der Waals surface area contributed by atoms with E-state index < -0.39 is 0 Å². The number of fused-ring (bicyclic) bond motifs is 3. The van der Waals surface area contributed by atoms with Gasteiger partial charge in [-0.1, -0.05) is 35.9 Å². The van der Waals surface area contributed by atoms with Crippen LogP contribution >= 0.6 is 0 Å². The number of ether oxygens (including phenoxy) is 1. The van der Waals surface area contributed by atoms with Gasteiger partial charge in [-0.3, -0.25) is 0 Å². The van der Waals surface area contributed by atoms with Gasteiger partial charge < -0.3 is 4.74 Å². The van der Waals surface area contributed by atoms with E-state index in [1.54, 1.807) is 0 Å². The van der Waals surface area contributed by atoms with Crippen LogP contribution in [0, 0.1) is 6.92 Å². The van der Waals surface area contributed by atoms with E-state index in [1.165, 1.54) is 11.1 Å². The fraction of sp³-hybridized carbons (Fsp3) is 0.286. The summed E-state index contributed by atoms with van der Waals surface area (Å²) in [6, 6.07) is 6.42. The van der Waals surface area contributed by atoms with E-state index in [0.717, 1.165) is 5.75 Å². The van der Waals surface area contributed by atoms with Crippen molar-refractivity contribution in [3.63, 3.8) is 0 Å². The van der Waals surface area contributed by atoms with E-state index in [2.05, 4.69) is 56.4 Å². The summed E-state index contributed by atoms with van der Waals surface area (Å²) in [4.78, 5) is 0. The lowest BCUT2D eigenvalue weighted by atomic mass is 9.76. The van der Waals surface area contributed by atoms with Gasteiger partial charge in [-0.05, 0) is 26.0 Å². The molecule has 0 fully saturated rings. The van der Waals surface area contributed by atoms with Crippen molar-refractivity contribution >= 4 is 0 Å². The average molecular weight is 198 g/mol. The van der Waals surface area contributed by atoms with Crippen molar-refractivity contribution in [2.45, 2.75) is 25.4 Å². The maximum atomic E-state index is 5.93. The van der Waals surface area contributed by atoms with Gasteiger partial charge in [0.05, 0.1) is 5.41 Å². The molecule has 0 saturated heterocycles. The second-order valence-corrected chi connectivity index (χ2v) is 4.56. The third-order valence-electron chi connectivity index (χ3n) is 3.40. The summed E-state index contributed by atoms with van der Waals surface area (Å²) >= 11 is 0. The van der Waals surface area contributed by atoms with Crippen molar-refractivity contribution < 1.29 is 4.74 Å². The van der Waals surface area contributed by atoms with Gasteiger partial charge in [0.2, 0.25) is 0 Å². The summed E-state index contributed by atoms with van der Waals surface area (Å²) < 4.78 is 5.93. The normalized spacial score (nSPS) is 30.9. The lowest BCUT2D eigenvalue weighted by Crippen LogP contribution is -2.32. The smallest absolute Gasteiger partial charge is 0.130 e. The molecule has 0 saturated carbocycles. The largest absolute Gasteiger partial charge is 0.485 e. The molecule has 2 aliphatic rings. The quantitative estimate of drug-likeness (QED) is 0.622. The molecule has 1 aliphatic heterocycles. The van der Waals surface area contributed by atoms with Gasteiger partial charge in [0, 0.05) is 5.56 Å². The molecule has 1 aromatic carbocycles. The number of rotatable bonds is 0. The van der Waals surface area contributed by atoms with Crippen LogP contribution < -0.4 is 4.74 Å². The standard InChI is InChI=1S/C14H14O/c1-10-6-7-12-11(9-10)14(2)8-4-3-5-13(14)15-12/h3-9,13H,1-2H3. The van der Waals surface area contributed by atoms with Crippen molar-refractivity contribution in [3.8, 4) is 5.75 Å². The molecule has 15 heavy (non-hydrogen) atoms. The van der Waals surface area contributed by atoms with Crippen LogP contribution in [0.1, 0.15) is 18.1 Å². The molecule has 0 amide bonds. The summed E-state index contributed by atoms with van der Waals surface area (Å²) in [5.41, 5.74) is 2.63. The Bertz CT molecular complexity index is 470. The van der Waals surface area contributed by atoms with Crippen LogP contribution in [0.4, 0.5) is 0 Å². The van der Waals surface area contributed by atoms with E-state index in [0.29, 0.717) is 0 Å². The molecule has 0 radical (unpaired) electrons. The van der Waals surface area contributed by atoms with Gasteiger partial charge in [-0.15, -0.1) is 0 Å². The summed E-state index contributed by atoms with van der Waals surface area (Å²) in [6.45, 7) is 4.36. The number of aryl methyl sites for hydroxylation is 1. The van der Waals surface area contributed by atoms with Crippen LogP contribution in [0.3, 0.4) is 0 Å². The fourth-order valence-corrected chi connectivity index (χ4v) is 2.42. The second kappa shape index (κ2) is 2.75. The zero-order valence-electron chi connectivity index (χ0n) is 9.03. The monoisotopic (exact) mass is 198 g/mol. The lowest BCUT2D eigenvalue weighted by Gasteiger charge is -2.26. The predicted octanol–water partition coefficient (Wildman–Crippen LogP) is 3.14. The third-order valence-corrected chi connectivity index (χ3v) is 3.40. The van der Waals surface area contributed by atoms with Gasteiger partial charge in [0.25, 0.3) is 0 Å². The highest BCUT2D eigenvalue weighted by Crippen LogP contribution is 2.45. The number of allylic oxidation sites excluding steroid dienone is 2. The van der Waals surface area contributed by atoms with Crippen molar-refractivity contribution in [3.05, 3.63) is 53.6 Å². The third kappa shape index (κ3) is 1.09. The van der Waals surface area contributed by atoms with Crippen molar-refractivity contribution in [2.24, 2.45) is 0 Å². The highest BCUT2D eigenvalue weighted by Gasteiger charge is 2.42. The Morgan fingerprint density at radius 2 is 2.13 bits per heavy atom. The van der Waals surface area contributed by atoms with Gasteiger partial charge in [-0.25, -0.2) is 0 Å².